The van der Waals surface area contributed by atoms with Gasteiger partial charge in [-0.3, -0.25) is 19.2 Å². The number of hydrogen-bond acceptors (Lipinski definition) is 5. The summed E-state index contributed by atoms with van der Waals surface area (Å²) in [7, 11) is 0. The highest BCUT2D eigenvalue weighted by Gasteiger charge is 2.74. The van der Waals surface area contributed by atoms with Crippen LogP contribution in [-0.2, 0) is 19.2 Å². The zero-order chi connectivity index (χ0) is 20.6. The molecule has 1 N–H and O–H groups in total. The molecule has 5 nitrogen and oxygen atoms in total. The summed E-state index contributed by atoms with van der Waals surface area (Å²) in [6, 6.07) is 0. The number of aliphatic hydroxyl groups is 1. The number of aliphatic hydroxyl groups excluding tert-OH is 1. The molecule has 0 radical (unpaired) electrons. The van der Waals surface area contributed by atoms with E-state index in [9.17, 15) is 24.3 Å². The van der Waals surface area contributed by atoms with Gasteiger partial charge in [0.25, 0.3) is 0 Å². The Labute approximate surface area is 163 Å². The molecule has 1 unspecified atom stereocenters. The Bertz CT molecular complexity index is 831. The van der Waals surface area contributed by atoms with Crippen LogP contribution in [0.25, 0.3) is 0 Å². The van der Waals surface area contributed by atoms with Crippen molar-refractivity contribution < 1.29 is 28.7 Å². The lowest BCUT2D eigenvalue weighted by Crippen LogP contribution is -2.69. The molecule has 0 aliphatic heterocycles. The number of carbonyl (C=O) groups is 4. The van der Waals surface area contributed by atoms with Crippen molar-refractivity contribution in [3.8, 4) is 0 Å². The van der Waals surface area contributed by atoms with Crippen molar-refractivity contribution in [3.05, 3.63) is 11.6 Å². The Hall–Kier alpha value is -1.69. The first-order chi connectivity index (χ1) is 13.0. The maximum Gasteiger partial charge on any atom is 0.187 e. The van der Waals surface area contributed by atoms with Gasteiger partial charge in [-0.2, -0.15) is 0 Å². The third kappa shape index (κ3) is 2.05. The third-order valence-electron chi connectivity index (χ3n) is 8.62. The molecule has 4 aliphatic carbocycles. The van der Waals surface area contributed by atoms with Crippen LogP contribution in [0.4, 0.5) is 4.39 Å². The van der Waals surface area contributed by atoms with E-state index in [1.165, 1.54) is 19.9 Å². The predicted octanol–water partition coefficient (Wildman–Crippen LogP) is 2.39. The molecule has 6 heteroatoms. The number of alkyl halides is 1. The average Bonchev–Trinajstić information content (AvgIpc) is 2.99. The molecule has 0 saturated heterocycles. The highest BCUT2D eigenvalue weighted by atomic mass is 19.1. The number of hydrogen-bond donors (Lipinski definition) is 1. The van der Waals surface area contributed by atoms with Crippen LogP contribution >= 0.6 is 0 Å². The van der Waals surface area contributed by atoms with Crippen LogP contribution in [0.1, 0.15) is 52.9 Å². The molecule has 28 heavy (non-hydrogen) atoms. The molecular weight excluding hydrogens is 363 g/mol. The monoisotopic (exact) mass is 390 g/mol. The highest BCUT2D eigenvalue weighted by molar-refractivity contribution is 6.16. The lowest BCUT2D eigenvalue weighted by molar-refractivity contribution is -0.179. The predicted molar refractivity (Wildman–Crippen MR) is 98.0 cm³/mol. The second-order valence-electron chi connectivity index (χ2n) is 9.61. The molecule has 4 rings (SSSR count). The van der Waals surface area contributed by atoms with Crippen molar-refractivity contribution in [1.82, 2.24) is 0 Å². The molecule has 3 fully saturated rings. The number of fused-ring (bicyclic) bond motifs is 5. The van der Waals surface area contributed by atoms with Gasteiger partial charge in [0.05, 0.1) is 11.3 Å². The summed E-state index contributed by atoms with van der Waals surface area (Å²) in [5.41, 5.74) is -4.20. The fourth-order valence-corrected chi connectivity index (χ4v) is 7.03. The molecule has 152 valence electrons. The minimum atomic E-state index is -2.34. The van der Waals surface area contributed by atoms with E-state index in [4.69, 9.17) is 0 Å². The number of allylic oxidation sites excluding steroid dienone is 1. The van der Waals surface area contributed by atoms with Gasteiger partial charge in [-0.15, -0.1) is 0 Å². The molecule has 0 aromatic heterocycles. The van der Waals surface area contributed by atoms with Gasteiger partial charge < -0.3 is 5.11 Å². The van der Waals surface area contributed by atoms with Crippen LogP contribution in [0.3, 0.4) is 0 Å². The summed E-state index contributed by atoms with van der Waals surface area (Å²) in [6.07, 6.45) is 3.21. The fourth-order valence-electron chi connectivity index (χ4n) is 7.03. The number of carbonyl (C=O) groups excluding carboxylic acids is 4. The number of Topliss-reactive ketones (excluding diaryl/α,β-unsaturated/α-hetero) is 3. The van der Waals surface area contributed by atoms with Crippen molar-refractivity contribution in [3.63, 3.8) is 0 Å². The first-order valence-electron chi connectivity index (χ1n) is 10.2. The van der Waals surface area contributed by atoms with Crippen LogP contribution in [-0.4, -0.2) is 40.5 Å². The highest BCUT2D eigenvalue weighted by Crippen LogP contribution is 2.68. The van der Waals surface area contributed by atoms with Crippen LogP contribution in [0.5, 0.6) is 0 Å². The van der Waals surface area contributed by atoms with Gasteiger partial charge in [0.15, 0.2) is 28.8 Å². The molecular formula is C22H27FO5. The Morgan fingerprint density at radius 2 is 1.86 bits per heavy atom. The first kappa shape index (κ1) is 19.6. The maximum atomic E-state index is 16.8. The molecule has 0 amide bonds. The lowest BCUT2D eigenvalue weighted by Gasteiger charge is -2.59. The third-order valence-corrected chi connectivity index (χ3v) is 8.62. The zero-order valence-corrected chi connectivity index (χ0v) is 16.6. The van der Waals surface area contributed by atoms with E-state index in [0.29, 0.717) is 31.3 Å². The lowest BCUT2D eigenvalue weighted by atomic mass is 9.44. The van der Waals surface area contributed by atoms with Crippen molar-refractivity contribution in [2.75, 3.05) is 6.61 Å². The molecule has 0 aromatic carbocycles. The Morgan fingerprint density at radius 1 is 1.18 bits per heavy atom. The van der Waals surface area contributed by atoms with E-state index < -0.39 is 52.4 Å². The summed E-state index contributed by atoms with van der Waals surface area (Å²) >= 11 is 0. The second kappa shape index (κ2) is 5.91. The fraction of sp³-hybridized carbons (Fsp3) is 0.727. The van der Waals surface area contributed by atoms with Gasteiger partial charge >= 0.3 is 0 Å². The topological polar surface area (TPSA) is 88.5 Å². The van der Waals surface area contributed by atoms with Crippen molar-refractivity contribution in [2.24, 2.45) is 34.5 Å². The van der Waals surface area contributed by atoms with Gasteiger partial charge in [0.1, 0.15) is 6.61 Å². The largest absolute Gasteiger partial charge is 0.389 e. The standard InChI is InChI=1S/C22H27FO5/c1-11-16(25)8-12-4-5-14-13-6-7-15(17(26)10-24)20(13,2)9-18(27)22(14,23)21(12,3)19(11)28/h8,11,13-15,24H,4-7,9-10H2,1-3H3/t11?,13-,14-,15+,20-,21+,22-/m0/s1. The molecule has 4 aliphatic rings. The number of ketones is 4. The van der Waals surface area contributed by atoms with Crippen LogP contribution in [0.15, 0.2) is 11.6 Å². The van der Waals surface area contributed by atoms with Gasteiger partial charge in [-0.25, -0.2) is 4.39 Å². The van der Waals surface area contributed by atoms with Crippen LogP contribution < -0.4 is 0 Å². The Morgan fingerprint density at radius 3 is 2.50 bits per heavy atom. The van der Waals surface area contributed by atoms with Crippen molar-refractivity contribution >= 4 is 23.1 Å². The first-order valence-corrected chi connectivity index (χ1v) is 10.2. The van der Waals surface area contributed by atoms with Gasteiger partial charge in [-0.05, 0) is 62.5 Å². The summed E-state index contributed by atoms with van der Waals surface area (Å²) in [6.45, 7) is 4.28. The average molecular weight is 390 g/mol. The van der Waals surface area contributed by atoms with E-state index in [0.717, 1.165) is 0 Å². The van der Waals surface area contributed by atoms with Crippen molar-refractivity contribution in [2.45, 2.75) is 58.5 Å². The molecule has 3 saturated carbocycles. The smallest absolute Gasteiger partial charge is 0.187 e. The minimum Gasteiger partial charge on any atom is -0.389 e. The van der Waals surface area contributed by atoms with Gasteiger partial charge in [0.2, 0.25) is 0 Å². The molecule has 7 atom stereocenters. The Kier molecular flexibility index (Phi) is 4.14. The van der Waals surface area contributed by atoms with Crippen molar-refractivity contribution in [1.29, 1.82) is 0 Å². The normalized spacial score (nSPS) is 47.9. The molecule has 0 spiro atoms. The molecule has 0 aromatic rings. The molecule has 0 bridgehead atoms. The summed E-state index contributed by atoms with van der Waals surface area (Å²) in [5, 5.41) is 9.34. The van der Waals surface area contributed by atoms with E-state index in [2.05, 4.69) is 0 Å². The van der Waals surface area contributed by atoms with Crippen LogP contribution in [0, 0.1) is 34.5 Å². The van der Waals surface area contributed by atoms with Crippen LogP contribution in [0.2, 0.25) is 0 Å². The SMILES string of the molecule is CC1C(=O)C=C2CC[C@H]3[C@@H]4CC[C@H](C(=O)CO)[C@@]4(C)CC(=O)[C@]3(F)[C@@]2(C)C1=O. The van der Waals surface area contributed by atoms with Gasteiger partial charge in [0, 0.05) is 18.3 Å². The second-order valence-corrected chi connectivity index (χ2v) is 9.61. The summed E-state index contributed by atoms with van der Waals surface area (Å²) in [4.78, 5) is 50.9. The number of rotatable bonds is 2. The minimum absolute atomic E-state index is 0.112. The number of halogens is 1. The van der Waals surface area contributed by atoms with E-state index in [-0.39, 0.29) is 23.9 Å². The Balaban J connectivity index is 1.83. The summed E-state index contributed by atoms with van der Waals surface area (Å²) in [5.74, 6) is -3.99. The summed E-state index contributed by atoms with van der Waals surface area (Å²) < 4.78 is 16.8. The quantitative estimate of drug-likeness (QED) is 0.732. The van der Waals surface area contributed by atoms with E-state index in [1.54, 1.807) is 0 Å². The maximum absolute atomic E-state index is 16.8. The zero-order valence-electron chi connectivity index (χ0n) is 16.6. The van der Waals surface area contributed by atoms with Gasteiger partial charge in [-0.1, -0.05) is 6.92 Å². The molecule has 0 heterocycles. The van der Waals surface area contributed by atoms with E-state index >= 15 is 4.39 Å². The van der Waals surface area contributed by atoms with E-state index in [1.807, 2.05) is 6.92 Å².